The zero-order valence-corrected chi connectivity index (χ0v) is 14.0. The Balaban J connectivity index is 2.33. The Kier molecular flexibility index (Phi) is 9.66. The molecule has 7 heteroatoms. The van der Waals surface area contributed by atoms with Crippen LogP contribution in [0.1, 0.15) is 52.4 Å². The Morgan fingerprint density at radius 1 is 1.00 bits per heavy atom. The summed E-state index contributed by atoms with van der Waals surface area (Å²) in [4.78, 5) is 10.8. The molecule has 0 aromatic heterocycles. The largest absolute Gasteiger partial charge is 0.463 e. The van der Waals surface area contributed by atoms with E-state index in [1.165, 1.54) is 26.2 Å². The molecule has 0 unspecified atom stereocenters. The molecule has 0 radical (unpaired) electrons. The second-order valence-corrected chi connectivity index (χ2v) is 5.96. The highest BCUT2D eigenvalue weighted by atomic mass is 16.7. The third-order valence-electron chi connectivity index (χ3n) is 3.90. The van der Waals surface area contributed by atoms with E-state index in [4.69, 9.17) is 14.2 Å². The van der Waals surface area contributed by atoms with Gasteiger partial charge in [-0.15, -0.1) is 0 Å². The molecule has 0 aliphatic carbocycles. The summed E-state index contributed by atoms with van der Waals surface area (Å²) < 4.78 is 15.7. The van der Waals surface area contributed by atoms with E-state index in [2.05, 4.69) is 6.92 Å². The van der Waals surface area contributed by atoms with Gasteiger partial charge in [-0.1, -0.05) is 39.0 Å². The van der Waals surface area contributed by atoms with E-state index >= 15 is 0 Å². The monoisotopic (exact) mass is 334 g/mol. The second kappa shape index (κ2) is 10.9. The zero-order valence-electron chi connectivity index (χ0n) is 14.0. The van der Waals surface area contributed by atoms with Crippen LogP contribution in [0.4, 0.5) is 0 Å². The number of carbonyl (C=O) groups is 1. The third-order valence-corrected chi connectivity index (χ3v) is 3.90. The minimum Gasteiger partial charge on any atom is -0.463 e. The Morgan fingerprint density at radius 2 is 1.65 bits per heavy atom. The minimum atomic E-state index is -1.40. The number of aliphatic hydroxyl groups excluding tert-OH is 3. The molecule has 0 bridgehead atoms. The SMILES string of the molecule is CCCCCCCCO[C@H]1O[C@H](COC(C)=O)[C@@H](O)[C@H](O)[C@H]1O. The predicted molar refractivity (Wildman–Crippen MR) is 82.6 cm³/mol. The smallest absolute Gasteiger partial charge is 0.302 e. The van der Waals surface area contributed by atoms with E-state index in [-0.39, 0.29) is 6.61 Å². The number of ether oxygens (including phenoxy) is 3. The first-order valence-corrected chi connectivity index (χ1v) is 8.42. The van der Waals surface area contributed by atoms with Crippen LogP contribution in [0.15, 0.2) is 0 Å². The van der Waals surface area contributed by atoms with Crippen LogP contribution in [0, 0.1) is 0 Å². The van der Waals surface area contributed by atoms with Gasteiger partial charge in [0.05, 0.1) is 0 Å². The van der Waals surface area contributed by atoms with Gasteiger partial charge in [0, 0.05) is 13.5 Å². The Bertz CT molecular complexity index is 336. The van der Waals surface area contributed by atoms with Gasteiger partial charge < -0.3 is 29.5 Å². The maximum Gasteiger partial charge on any atom is 0.302 e. The lowest BCUT2D eigenvalue weighted by atomic mass is 9.99. The van der Waals surface area contributed by atoms with Crippen molar-refractivity contribution in [2.45, 2.75) is 83.1 Å². The van der Waals surface area contributed by atoms with Gasteiger partial charge in [0.1, 0.15) is 31.0 Å². The maximum absolute atomic E-state index is 10.8. The first kappa shape index (κ1) is 20.3. The van der Waals surface area contributed by atoms with Gasteiger partial charge in [-0.3, -0.25) is 4.79 Å². The number of rotatable bonds is 10. The molecule has 0 amide bonds. The third kappa shape index (κ3) is 7.14. The fourth-order valence-corrected chi connectivity index (χ4v) is 2.47. The lowest BCUT2D eigenvalue weighted by Gasteiger charge is -2.39. The predicted octanol–water partition coefficient (Wildman–Crippen LogP) is 0.734. The first-order valence-electron chi connectivity index (χ1n) is 8.42. The van der Waals surface area contributed by atoms with Crippen molar-refractivity contribution in [3.8, 4) is 0 Å². The summed E-state index contributed by atoms with van der Waals surface area (Å²) in [5.74, 6) is -0.508. The van der Waals surface area contributed by atoms with Crippen molar-refractivity contribution in [1.29, 1.82) is 0 Å². The van der Waals surface area contributed by atoms with Crippen molar-refractivity contribution < 1.29 is 34.3 Å². The highest BCUT2D eigenvalue weighted by Gasteiger charge is 2.44. The number of aliphatic hydroxyl groups is 3. The van der Waals surface area contributed by atoms with E-state index in [0.29, 0.717) is 6.61 Å². The van der Waals surface area contributed by atoms with E-state index in [1.54, 1.807) is 0 Å². The van der Waals surface area contributed by atoms with Crippen LogP contribution in [0.2, 0.25) is 0 Å². The lowest BCUT2D eigenvalue weighted by Crippen LogP contribution is -2.59. The standard InChI is InChI=1S/C16H30O7/c1-3-4-5-6-7-8-9-21-16-15(20)14(19)13(18)12(23-16)10-22-11(2)17/h12-16,18-20H,3-10H2,1-2H3/t12-,13-,14+,15-,16+/m1/s1. The van der Waals surface area contributed by atoms with E-state index < -0.39 is 36.7 Å². The van der Waals surface area contributed by atoms with Crippen LogP contribution in [-0.2, 0) is 19.0 Å². The summed E-state index contributed by atoms with van der Waals surface area (Å²) in [6.45, 7) is 3.61. The van der Waals surface area contributed by atoms with Crippen molar-refractivity contribution in [1.82, 2.24) is 0 Å². The van der Waals surface area contributed by atoms with Gasteiger partial charge in [0.2, 0.25) is 0 Å². The van der Waals surface area contributed by atoms with Gasteiger partial charge >= 0.3 is 5.97 Å². The van der Waals surface area contributed by atoms with Crippen LogP contribution < -0.4 is 0 Å². The molecule has 1 saturated heterocycles. The molecule has 0 saturated carbocycles. The fourth-order valence-electron chi connectivity index (χ4n) is 2.47. The summed E-state index contributed by atoms with van der Waals surface area (Å²) in [5.41, 5.74) is 0. The van der Waals surface area contributed by atoms with Crippen LogP contribution in [0.5, 0.6) is 0 Å². The molecule has 1 heterocycles. The molecular formula is C16H30O7. The van der Waals surface area contributed by atoms with Gasteiger partial charge in [0.15, 0.2) is 6.29 Å². The highest BCUT2D eigenvalue weighted by molar-refractivity contribution is 5.65. The quantitative estimate of drug-likeness (QED) is 0.399. The molecule has 136 valence electrons. The normalized spacial score (nSPS) is 31.1. The molecule has 3 N–H and O–H groups in total. The minimum absolute atomic E-state index is 0.197. The van der Waals surface area contributed by atoms with Crippen molar-refractivity contribution in [3.05, 3.63) is 0 Å². The van der Waals surface area contributed by atoms with Gasteiger partial charge in [0.25, 0.3) is 0 Å². The molecule has 7 nitrogen and oxygen atoms in total. The van der Waals surface area contributed by atoms with Crippen LogP contribution >= 0.6 is 0 Å². The van der Waals surface area contributed by atoms with Gasteiger partial charge in [-0.25, -0.2) is 0 Å². The van der Waals surface area contributed by atoms with E-state index in [1.807, 2.05) is 0 Å². The van der Waals surface area contributed by atoms with Crippen molar-refractivity contribution in [2.75, 3.05) is 13.2 Å². The molecule has 0 spiro atoms. The number of unbranched alkanes of at least 4 members (excludes halogenated alkanes) is 5. The molecule has 1 rings (SSSR count). The Labute approximate surface area is 137 Å². The summed E-state index contributed by atoms with van der Waals surface area (Å²) in [7, 11) is 0. The fraction of sp³-hybridized carbons (Fsp3) is 0.938. The van der Waals surface area contributed by atoms with E-state index in [9.17, 15) is 20.1 Å². The number of esters is 1. The van der Waals surface area contributed by atoms with E-state index in [0.717, 1.165) is 19.3 Å². The molecule has 5 atom stereocenters. The molecular weight excluding hydrogens is 304 g/mol. The molecule has 1 aliphatic rings. The summed E-state index contributed by atoms with van der Waals surface area (Å²) in [5, 5.41) is 29.6. The highest BCUT2D eigenvalue weighted by Crippen LogP contribution is 2.22. The number of hydrogen-bond donors (Lipinski definition) is 3. The Hall–Kier alpha value is -0.730. The lowest BCUT2D eigenvalue weighted by molar-refractivity contribution is -0.301. The van der Waals surface area contributed by atoms with Crippen LogP contribution in [0.25, 0.3) is 0 Å². The average Bonchev–Trinajstić information content (AvgIpc) is 2.52. The zero-order chi connectivity index (χ0) is 17.2. The summed E-state index contributed by atoms with van der Waals surface area (Å²) >= 11 is 0. The molecule has 1 aliphatic heterocycles. The summed E-state index contributed by atoms with van der Waals surface area (Å²) in [6.07, 6.45) is 0.604. The molecule has 1 fully saturated rings. The van der Waals surface area contributed by atoms with Gasteiger partial charge in [-0.05, 0) is 6.42 Å². The van der Waals surface area contributed by atoms with Crippen LogP contribution in [-0.4, -0.2) is 65.2 Å². The topological polar surface area (TPSA) is 105 Å². The van der Waals surface area contributed by atoms with Crippen molar-refractivity contribution >= 4 is 5.97 Å². The summed E-state index contributed by atoms with van der Waals surface area (Å²) in [6, 6.07) is 0. The molecule has 23 heavy (non-hydrogen) atoms. The van der Waals surface area contributed by atoms with Crippen molar-refractivity contribution in [2.24, 2.45) is 0 Å². The average molecular weight is 334 g/mol. The van der Waals surface area contributed by atoms with Crippen molar-refractivity contribution in [3.63, 3.8) is 0 Å². The second-order valence-electron chi connectivity index (χ2n) is 5.96. The first-order chi connectivity index (χ1) is 11.0. The maximum atomic E-state index is 10.8. The molecule has 0 aromatic carbocycles. The number of carbonyl (C=O) groups excluding carboxylic acids is 1. The van der Waals surface area contributed by atoms with Crippen LogP contribution in [0.3, 0.4) is 0 Å². The molecule has 0 aromatic rings. The number of hydrogen-bond acceptors (Lipinski definition) is 7. The van der Waals surface area contributed by atoms with Gasteiger partial charge in [-0.2, -0.15) is 0 Å². The Morgan fingerprint density at radius 3 is 2.30 bits per heavy atom.